The highest BCUT2D eigenvalue weighted by Crippen LogP contribution is 2.49. The number of rotatable bonds is 10. The van der Waals surface area contributed by atoms with Crippen molar-refractivity contribution in [3.05, 3.63) is 47.7 Å². The molecule has 0 amide bonds. The first kappa shape index (κ1) is 23.2. The van der Waals surface area contributed by atoms with Crippen LogP contribution in [0.15, 0.2) is 41.0 Å². The van der Waals surface area contributed by atoms with Gasteiger partial charge in [-0.1, -0.05) is 12.1 Å². The first-order chi connectivity index (χ1) is 16.1. The summed E-state index contributed by atoms with van der Waals surface area (Å²) in [4.78, 5) is 2.28. The predicted molar refractivity (Wildman–Crippen MR) is 123 cm³/mol. The number of furan rings is 1. The highest BCUT2D eigenvalue weighted by atomic mass is 16.5. The highest BCUT2D eigenvalue weighted by Gasteiger charge is 2.29. The summed E-state index contributed by atoms with van der Waals surface area (Å²) < 4.78 is 28.7. The van der Waals surface area contributed by atoms with E-state index in [2.05, 4.69) is 4.90 Å². The fourth-order valence-electron chi connectivity index (χ4n) is 4.20. The Labute approximate surface area is 193 Å². The van der Waals surface area contributed by atoms with E-state index in [0.29, 0.717) is 53.2 Å². The number of aliphatic hydroxyl groups excluding tert-OH is 1. The van der Waals surface area contributed by atoms with E-state index in [1.165, 1.54) is 0 Å². The minimum Gasteiger partial charge on any atom is -0.508 e. The summed E-state index contributed by atoms with van der Waals surface area (Å²) in [6.07, 6.45) is 1.76. The van der Waals surface area contributed by atoms with Crippen LogP contribution in [0.2, 0.25) is 0 Å². The molecule has 4 rings (SSSR count). The lowest BCUT2D eigenvalue weighted by molar-refractivity contribution is 0.0318. The van der Waals surface area contributed by atoms with E-state index in [1.807, 2.05) is 12.1 Å². The van der Waals surface area contributed by atoms with Crippen LogP contribution in [-0.2, 0) is 11.2 Å². The van der Waals surface area contributed by atoms with E-state index in [4.69, 9.17) is 23.4 Å². The van der Waals surface area contributed by atoms with Gasteiger partial charge in [0.1, 0.15) is 18.1 Å². The van der Waals surface area contributed by atoms with Crippen molar-refractivity contribution in [2.75, 3.05) is 53.7 Å². The molecule has 1 fully saturated rings. The van der Waals surface area contributed by atoms with E-state index in [1.54, 1.807) is 38.7 Å². The average Bonchev–Trinajstić information content (AvgIpc) is 3.32. The molecule has 0 saturated carbocycles. The molecule has 1 aromatic heterocycles. The van der Waals surface area contributed by atoms with E-state index in [0.717, 1.165) is 38.4 Å². The fraction of sp³-hybridized carbons (Fsp3) is 0.440. The quantitative estimate of drug-likeness (QED) is 0.478. The Bertz CT molecular complexity index is 1040. The van der Waals surface area contributed by atoms with Crippen LogP contribution < -0.4 is 14.2 Å². The summed E-state index contributed by atoms with van der Waals surface area (Å²) in [6, 6.07) is 8.77. The molecule has 8 nitrogen and oxygen atoms in total. The van der Waals surface area contributed by atoms with E-state index in [-0.39, 0.29) is 5.75 Å². The Balaban J connectivity index is 1.62. The summed E-state index contributed by atoms with van der Waals surface area (Å²) in [5.41, 5.74) is 2.08. The molecule has 0 spiro atoms. The van der Waals surface area contributed by atoms with Gasteiger partial charge in [0.15, 0.2) is 11.3 Å². The Morgan fingerprint density at radius 3 is 2.42 bits per heavy atom. The van der Waals surface area contributed by atoms with E-state index >= 15 is 0 Å². The van der Waals surface area contributed by atoms with Crippen molar-refractivity contribution in [3.8, 4) is 23.0 Å². The van der Waals surface area contributed by atoms with Gasteiger partial charge in [-0.05, 0) is 36.6 Å². The van der Waals surface area contributed by atoms with Crippen molar-refractivity contribution in [2.24, 2.45) is 0 Å². The lowest BCUT2D eigenvalue weighted by atomic mass is 9.97. The topological polar surface area (TPSA) is 93.8 Å². The van der Waals surface area contributed by atoms with Gasteiger partial charge in [0.05, 0.1) is 50.8 Å². The van der Waals surface area contributed by atoms with Gasteiger partial charge in [-0.25, -0.2) is 0 Å². The molecule has 3 aromatic rings. The number of phenolic OH excluding ortho intramolecular Hbond substituents is 1. The molecule has 33 heavy (non-hydrogen) atoms. The summed E-state index contributed by atoms with van der Waals surface area (Å²) in [6.45, 7) is 4.32. The molecule has 0 aliphatic carbocycles. The molecule has 1 aliphatic heterocycles. The smallest absolute Gasteiger partial charge is 0.205 e. The number of aromatic hydroxyl groups is 1. The maximum Gasteiger partial charge on any atom is 0.205 e. The third kappa shape index (κ3) is 5.19. The van der Waals surface area contributed by atoms with Gasteiger partial charge in [0.2, 0.25) is 5.75 Å². The first-order valence-electron chi connectivity index (χ1n) is 11.2. The number of fused-ring (bicyclic) bond motifs is 1. The van der Waals surface area contributed by atoms with Crippen molar-refractivity contribution in [2.45, 2.75) is 18.9 Å². The van der Waals surface area contributed by atoms with Crippen LogP contribution in [0.25, 0.3) is 11.0 Å². The van der Waals surface area contributed by atoms with Gasteiger partial charge < -0.3 is 33.6 Å². The number of hydrogen-bond acceptors (Lipinski definition) is 8. The molecule has 0 bridgehead atoms. The number of morpholine rings is 1. The minimum atomic E-state index is -0.861. The van der Waals surface area contributed by atoms with Crippen LogP contribution >= 0.6 is 0 Å². The number of nitrogens with zero attached hydrogens (tertiary/aromatic N) is 1. The van der Waals surface area contributed by atoms with Gasteiger partial charge >= 0.3 is 0 Å². The third-order valence-electron chi connectivity index (χ3n) is 5.95. The van der Waals surface area contributed by atoms with Crippen molar-refractivity contribution >= 4 is 11.0 Å². The molecular formula is C25H31NO7. The van der Waals surface area contributed by atoms with Crippen molar-refractivity contribution < 1.29 is 33.6 Å². The van der Waals surface area contributed by atoms with Gasteiger partial charge in [0.25, 0.3) is 0 Å². The molecule has 1 aliphatic rings. The van der Waals surface area contributed by atoms with E-state index < -0.39 is 6.10 Å². The molecule has 2 aromatic carbocycles. The summed E-state index contributed by atoms with van der Waals surface area (Å²) in [5.74, 6) is 1.60. The van der Waals surface area contributed by atoms with Gasteiger partial charge in [-0.2, -0.15) is 0 Å². The third-order valence-corrected chi connectivity index (χ3v) is 5.95. The maximum atomic E-state index is 11.3. The maximum absolute atomic E-state index is 11.3. The lowest BCUT2D eigenvalue weighted by Gasteiger charge is -2.27. The first-order valence-corrected chi connectivity index (χ1v) is 11.2. The van der Waals surface area contributed by atoms with Gasteiger partial charge in [0, 0.05) is 19.6 Å². The van der Waals surface area contributed by atoms with Crippen LogP contribution in [0, 0.1) is 0 Å². The lowest BCUT2D eigenvalue weighted by Crippen LogP contribution is -2.38. The summed E-state index contributed by atoms with van der Waals surface area (Å²) in [7, 11) is 3.13. The second-order valence-corrected chi connectivity index (χ2v) is 8.00. The molecule has 1 unspecified atom stereocenters. The second kappa shape index (κ2) is 10.8. The number of benzene rings is 2. The van der Waals surface area contributed by atoms with Crippen LogP contribution in [0.5, 0.6) is 23.0 Å². The standard InChI is InChI=1S/C25H31NO7/c1-29-22-19-9-13-32-23(19)25(30-2)24(33-16-12-26-10-14-31-15-11-26)21(22)20(28)8-5-17-3-6-18(27)7-4-17/h3-4,6-7,9,13,20,27-28H,5,8,10-12,14-16H2,1-2H3. The Morgan fingerprint density at radius 1 is 1.00 bits per heavy atom. The van der Waals surface area contributed by atoms with Crippen LogP contribution in [0.1, 0.15) is 23.7 Å². The summed E-state index contributed by atoms with van der Waals surface area (Å²) in [5, 5.41) is 21.5. The van der Waals surface area contributed by atoms with Gasteiger partial charge in [-0.3, -0.25) is 4.90 Å². The van der Waals surface area contributed by atoms with Crippen molar-refractivity contribution in [3.63, 3.8) is 0 Å². The highest BCUT2D eigenvalue weighted by molar-refractivity contribution is 5.93. The number of phenols is 1. The molecule has 2 heterocycles. The number of methoxy groups -OCH3 is 2. The molecule has 0 radical (unpaired) electrons. The van der Waals surface area contributed by atoms with Crippen LogP contribution in [0.3, 0.4) is 0 Å². The van der Waals surface area contributed by atoms with Crippen LogP contribution in [0.4, 0.5) is 0 Å². The van der Waals surface area contributed by atoms with Crippen molar-refractivity contribution in [1.82, 2.24) is 4.90 Å². The minimum absolute atomic E-state index is 0.215. The van der Waals surface area contributed by atoms with Gasteiger partial charge in [-0.15, -0.1) is 0 Å². The van der Waals surface area contributed by atoms with Crippen LogP contribution in [-0.4, -0.2) is 68.8 Å². The molecule has 1 saturated heterocycles. The second-order valence-electron chi connectivity index (χ2n) is 8.00. The number of hydrogen-bond donors (Lipinski definition) is 2. The molecule has 2 N–H and O–H groups in total. The largest absolute Gasteiger partial charge is 0.508 e. The molecular weight excluding hydrogens is 426 g/mol. The number of aryl methyl sites for hydroxylation is 1. The average molecular weight is 458 g/mol. The Kier molecular flexibility index (Phi) is 7.59. The zero-order valence-corrected chi connectivity index (χ0v) is 19.1. The predicted octanol–water partition coefficient (Wildman–Crippen LogP) is 3.53. The number of ether oxygens (including phenoxy) is 4. The Hall–Kier alpha value is -2.94. The zero-order chi connectivity index (χ0) is 23.2. The SMILES string of the molecule is COc1c(C(O)CCc2ccc(O)cc2)c(OCCN2CCOCC2)c(OC)c2occc12. The zero-order valence-electron chi connectivity index (χ0n) is 19.1. The van der Waals surface area contributed by atoms with Crippen molar-refractivity contribution in [1.29, 1.82) is 0 Å². The monoisotopic (exact) mass is 457 g/mol. The normalized spacial score (nSPS) is 15.5. The fourth-order valence-corrected chi connectivity index (χ4v) is 4.20. The summed E-state index contributed by atoms with van der Waals surface area (Å²) >= 11 is 0. The van der Waals surface area contributed by atoms with E-state index in [9.17, 15) is 10.2 Å². The number of aliphatic hydroxyl groups is 1. The Morgan fingerprint density at radius 2 is 1.73 bits per heavy atom. The molecule has 8 heteroatoms. The molecule has 178 valence electrons. The molecule has 1 atom stereocenters.